The third-order valence-corrected chi connectivity index (χ3v) is 0.131. The van der Waals surface area contributed by atoms with Crippen molar-refractivity contribution >= 4 is 5.78 Å². The average molecular weight is 130 g/mol. The maximum atomic E-state index is 9.44. The van der Waals surface area contributed by atoms with E-state index in [0.717, 1.165) is 0 Å². The Labute approximate surface area is 54.9 Å². The molecule has 0 saturated heterocycles. The molecule has 0 aliphatic carbocycles. The zero-order valence-electron chi connectivity index (χ0n) is 5.80. The number of carbonyl (C=O) groups is 1. The van der Waals surface area contributed by atoms with Crippen molar-refractivity contribution in [3.8, 4) is 12.5 Å². The summed E-state index contributed by atoms with van der Waals surface area (Å²) in [6, 6.07) is 0. The quantitative estimate of drug-likeness (QED) is 0.298. The van der Waals surface area contributed by atoms with Crippen LogP contribution in [0.3, 0.4) is 0 Å². The number of ketones is 1. The summed E-state index contributed by atoms with van der Waals surface area (Å²) in [6.07, 6.45) is 6.34. The summed E-state index contributed by atoms with van der Waals surface area (Å²) in [6.45, 7) is 3.06. The lowest BCUT2D eigenvalue weighted by atomic mass is 10.6. The zero-order chi connectivity index (χ0) is 7.70. The molecule has 0 aromatic carbocycles. The van der Waals surface area contributed by atoms with Gasteiger partial charge in [-0.3, -0.25) is 4.89 Å². The van der Waals surface area contributed by atoms with Gasteiger partial charge in [0, 0.05) is 0 Å². The highest BCUT2D eigenvalue weighted by molar-refractivity contribution is 5.72. The van der Waals surface area contributed by atoms with E-state index < -0.39 is 0 Å². The van der Waals surface area contributed by atoms with Crippen molar-refractivity contribution in [2.24, 2.45) is 0 Å². The second-order valence-electron chi connectivity index (χ2n) is 1.28. The normalized spacial score (nSPS) is 6.00. The van der Waals surface area contributed by atoms with Gasteiger partial charge in [0.15, 0.2) is 6.11 Å². The fraction of sp³-hybridized carbons (Fsp3) is 0.500. The molecule has 0 bridgehead atoms. The lowest BCUT2D eigenvalue weighted by Gasteiger charge is -1.79. The van der Waals surface area contributed by atoms with E-state index in [0.29, 0.717) is 0 Å². The Bertz CT molecular complexity index is 97.4. The molecule has 0 heterocycles. The lowest BCUT2D eigenvalue weighted by molar-refractivity contribution is -0.209. The molecule has 3 nitrogen and oxygen atoms in total. The minimum atomic E-state index is 0.167. The van der Waals surface area contributed by atoms with Crippen LogP contribution in [-0.4, -0.2) is 12.9 Å². The van der Waals surface area contributed by atoms with Crippen LogP contribution < -0.4 is 0 Å². The van der Waals surface area contributed by atoms with E-state index >= 15 is 0 Å². The molecular formula is C6H10O3. The topological polar surface area (TPSA) is 35.5 Å². The summed E-state index contributed by atoms with van der Waals surface area (Å²) < 4.78 is 0. The Morgan fingerprint density at radius 2 is 1.89 bits per heavy atom. The highest BCUT2D eigenvalue weighted by Gasteiger charge is 1.62. The van der Waals surface area contributed by atoms with Gasteiger partial charge in [-0.15, -0.1) is 0 Å². The first-order valence-corrected chi connectivity index (χ1v) is 2.27. The number of hydrogen-bond donors (Lipinski definition) is 0. The summed E-state index contributed by atoms with van der Waals surface area (Å²) in [5.74, 6) is 0.167. The molecule has 0 fully saturated rings. The first-order valence-electron chi connectivity index (χ1n) is 2.27. The molecule has 0 rings (SSSR count). The van der Waals surface area contributed by atoms with Gasteiger partial charge < -0.3 is 4.79 Å². The Kier molecular flexibility index (Phi) is 12.2. The van der Waals surface area contributed by atoms with Crippen molar-refractivity contribution in [3.05, 3.63) is 0 Å². The van der Waals surface area contributed by atoms with Gasteiger partial charge in [-0.05, 0) is 13.8 Å². The zero-order valence-corrected chi connectivity index (χ0v) is 5.80. The molecule has 0 aromatic rings. The van der Waals surface area contributed by atoms with Gasteiger partial charge in [-0.1, -0.05) is 6.42 Å². The molecule has 0 spiro atoms. The first kappa shape index (κ1) is 10.9. The molecule has 0 atom stereocenters. The monoisotopic (exact) mass is 130 g/mol. The molecule has 0 aliphatic rings. The van der Waals surface area contributed by atoms with Crippen LogP contribution in [0.4, 0.5) is 0 Å². The Balaban J connectivity index is 0. The lowest BCUT2D eigenvalue weighted by Crippen LogP contribution is -1.72. The summed E-state index contributed by atoms with van der Waals surface area (Å²) in [5.41, 5.74) is 0. The Morgan fingerprint density at radius 1 is 1.56 bits per heavy atom. The average Bonchev–Trinajstić information content (AvgIpc) is 1.66. The minimum Gasteiger partial charge on any atom is -0.300 e. The molecule has 0 radical (unpaired) electrons. The van der Waals surface area contributed by atoms with Crippen molar-refractivity contribution < 1.29 is 14.6 Å². The maximum absolute atomic E-state index is 9.44. The van der Waals surface area contributed by atoms with Gasteiger partial charge in [0.05, 0.1) is 7.11 Å². The van der Waals surface area contributed by atoms with Crippen LogP contribution in [0.2, 0.25) is 0 Å². The number of carbonyl (C=O) groups excluding carboxylic acids is 1. The predicted octanol–water partition coefficient (Wildman–Crippen LogP) is 0.750. The smallest absolute Gasteiger partial charge is 0.153 e. The van der Waals surface area contributed by atoms with Gasteiger partial charge in [0.2, 0.25) is 0 Å². The molecule has 0 unspecified atom stereocenters. The van der Waals surface area contributed by atoms with Crippen LogP contribution in [0, 0.1) is 12.5 Å². The van der Waals surface area contributed by atoms with E-state index in [1.54, 1.807) is 6.11 Å². The molecule has 0 amide bonds. The first-order chi connectivity index (χ1) is 4.15. The van der Waals surface area contributed by atoms with E-state index in [1.807, 2.05) is 0 Å². The molecule has 9 heavy (non-hydrogen) atoms. The molecule has 0 aliphatic heterocycles. The van der Waals surface area contributed by atoms with Gasteiger partial charge >= 0.3 is 0 Å². The van der Waals surface area contributed by atoms with Crippen molar-refractivity contribution in [3.63, 3.8) is 0 Å². The fourth-order valence-corrected chi connectivity index (χ4v) is 0.0481. The number of terminal acetylenes is 1. The van der Waals surface area contributed by atoms with Crippen molar-refractivity contribution in [1.82, 2.24) is 0 Å². The molecular weight excluding hydrogens is 120 g/mol. The highest BCUT2D eigenvalue weighted by Crippen LogP contribution is 1.58. The van der Waals surface area contributed by atoms with Crippen molar-refractivity contribution in [2.75, 3.05) is 7.11 Å². The van der Waals surface area contributed by atoms with Crippen LogP contribution in [0.1, 0.15) is 13.8 Å². The van der Waals surface area contributed by atoms with Crippen molar-refractivity contribution in [2.45, 2.75) is 13.8 Å². The van der Waals surface area contributed by atoms with E-state index in [9.17, 15) is 4.79 Å². The largest absolute Gasteiger partial charge is 0.300 e. The predicted molar refractivity (Wildman–Crippen MR) is 33.3 cm³/mol. The minimum absolute atomic E-state index is 0.167. The third-order valence-electron chi connectivity index (χ3n) is 0.131. The molecule has 0 aromatic heterocycles. The van der Waals surface area contributed by atoms with Gasteiger partial charge in [-0.2, -0.15) is 4.89 Å². The standard InChI is InChI=1S/C3H4O2.C3H6O/c1-3-5-4-2;1-3(2)4/h1H,2H3;1-2H3. The third kappa shape index (κ3) is 178. The van der Waals surface area contributed by atoms with Crippen molar-refractivity contribution in [1.29, 1.82) is 0 Å². The van der Waals surface area contributed by atoms with E-state index in [2.05, 4.69) is 16.2 Å². The molecule has 0 saturated carbocycles. The molecule has 3 heteroatoms. The number of Topliss-reactive ketones (excluding diaryl/α,β-unsaturated/α-hetero) is 1. The summed E-state index contributed by atoms with van der Waals surface area (Å²) in [5, 5.41) is 0. The summed E-state index contributed by atoms with van der Waals surface area (Å²) >= 11 is 0. The van der Waals surface area contributed by atoms with Crippen LogP contribution in [0.25, 0.3) is 0 Å². The van der Waals surface area contributed by atoms with E-state index in [-0.39, 0.29) is 5.78 Å². The highest BCUT2D eigenvalue weighted by atomic mass is 17.2. The second-order valence-corrected chi connectivity index (χ2v) is 1.28. The van der Waals surface area contributed by atoms with E-state index in [4.69, 9.17) is 0 Å². The second kappa shape index (κ2) is 10.1. The summed E-state index contributed by atoms with van der Waals surface area (Å²) in [4.78, 5) is 17.3. The van der Waals surface area contributed by atoms with Gasteiger partial charge in [-0.25, -0.2) is 0 Å². The Morgan fingerprint density at radius 3 is 1.89 bits per heavy atom. The molecule has 0 N–H and O–H groups in total. The summed E-state index contributed by atoms with van der Waals surface area (Å²) in [7, 11) is 1.35. The fourth-order valence-electron chi connectivity index (χ4n) is 0.0481. The van der Waals surface area contributed by atoms with E-state index in [1.165, 1.54) is 21.0 Å². The molecule has 52 valence electrons. The van der Waals surface area contributed by atoms with Gasteiger partial charge in [0.1, 0.15) is 5.78 Å². The van der Waals surface area contributed by atoms with Crippen LogP contribution >= 0.6 is 0 Å². The number of hydrogen-bond acceptors (Lipinski definition) is 3. The van der Waals surface area contributed by atoms with Crippen LogP contribution in [-0.2, 0) is 14.6 Å². The SMILES string of the molecule is C#COOC.CC(C)=O. The maximum Gasteiger partial charge on any atom is 0.153 e. The van der Waals surface area contributed by atoms with Crippen LogP contribution in [0.5, 0.6) is 0 Å². The van der Waals surface area contributed by atoms with Gasteiger partial charge in [0.25, 0.3) is 0 Å². The Hall–Kier alpha value is -1.01. The number of rotatable bonds is 1. The van der Waals surface area contributed by atoms with Crippen LogP contribution in [0.15, 0.2) is 0 Å².